The fourth-order valence-corrected chi connectivity index (χ4v) is 4.68. The predicted octanol–water partition coefficient (Wildman–Crippen LogP) is 4.04. The molecule has 0 spiro atoms. The third kappa shape index (κ3) is 5.52. The van der Waals surface area contributed by atoms with Crippen LogP contribution in [0.1, 0.15) is 76.2 Å². The van der Waals surface area contributed by atoms with E-state index in [0.717, 1.165) is 37.7 Å². The Morgan fingerprint density at radius 1 is 0.967 bits per heavy atom. The molecule has 0 amide bonds. The van der Waals surface area contributed by atoms with E-state index in [1.807, 2.05) is 26.8 Å². The van der Waals surface area contributed by atoms with E-state index in [2.05, 4.69) is 14.8 Å². The molecule has 0 unspecified atom stereocenters. The second-order valence-corrected chi connectivity index (χ2v) is 10.0. The molecule has 6 heteroatoms. The lowest BCUT2D eigenvalue weighted by molar-refractivity contribution is -0.0598. The van der Waals surface area contributed by atoms with Gasteiger partial charge in [0, 0.05) is 32.2 Å². The highest BCUT2D eigenvalue weighted by Crippen LogP contribution is 2.29. The zero-order valence-electron chi connectivity index (χ0n) is 18.8. The van der Waals surface area contributed by atoms with Crippen LogP contribution in [-0.2, 0) is 9.47 Å². The number of hydrogen-bond donors (Lipinski definition) is 0. The molecule has 0 atom stereocenters. The summed E-state index contributed by atoms with van der Waals surface area (Å²) in [5, 5.41) is 0. The van der Waals surface area contributed by atoms with Crippen LogP contribution in [0.4, 0.5) is 5.69 Å². The lowest BCUT2D eigenvalue weighted by atomic mass is 9.89. The number of ether oxygens (including phenoxy) is 2. The summed E-state index contributed by atoms with van der Waals surface area (Å²) in [6, 6.07) is 4.61. The molecule has 0 bridgehead atoms. The lowest BCUT2D eigenvalue weighted by Gasteiger charge is -2.43. The van der Waals surface area contributed by atoms with Crippen molar-refractivity contribution in [2.75, 3.05) is 31.1 Å². The molecule has 1 aromatic heterocycles. The Morgan fingerprint density at radius 2 is 1.60 bits per heavy atom. The Balaban J connectivity index is 1.20. The average Bonchev–Trinajstić information content (AvgIpc) is 2.68. The number of likely N-dealkylation sites (tertiary alicyclic amines) is 1. The number of rotatable bonds is 5. The van der Waals surface area contributed by atoms with Crippen molar-refractivity contribution in [3.8, 4) is 0 Å². The first-order valence-electron chi connectivity index (χ1n) is 11.7. The van der Waals surface area contributed by atoms with Gasteiger partial charge < -0.3 is 19.3 Å². The van der Waals surface area contributed by atoms with Gasteiger partial charge in [-0.1, -0.05) is 6.42 Å². The summed E-state index contributed by atoms with van der Waals surface area (Å²) < 4.78 is 11.9. The second kappa shape index (κ2) is 9.23. The number of carbonyl (C=O) groups is 1. The molecule has 1 aliphatic carbocycles. The van der Waals surface area contributed by atoms with Crippen LogP contribution in [-0.4, -0.2) is 65.9 Å². The fraction of sp³-hybridized carbons (Fsp3) is 0.750. The summed E-state index contributed by atoms with van der Waals surface area (Å²) in [7, 11) is 0. The molecule has 166 valence electrons. The van der Waals surface area contributed by atoms with Gasteiger partial charge in [-0.15, -0.1) is 0 Å². The molecule has 30 heavy (non-hydrogen) atoms. The Bertz CT molecular complexity index is 695. The van der Waals surface area contributed by atoms with E-state index < -0.39 is 5.60 Å². The Kier molecular flexibility index (Phi) is 6.63. The summed E-state index contributed by atoms with van der Waals surface area (Å²) in [6.45, 7) is 9.96. The van der Waals surface area contributed by atoms with Crippen molar-refractivity contribution in [1.82, 2.24) is 9.88 Å². The van der Waals surface area contributed by atoms with Crippen LogP contribution in [0.15, 0.2) is 18.3 Å². The van der Waals surface area contributed by atoms with Crippen molar-refractivity contribution in [3.05, 3.63) is 24.0 Å². The molecule has 3 fully saturated rings. The predicted molar refractivity (Wildman–Crippen MR) is 118 cm³/mol. The van der Waals surface area contributed by atoms with Crippen LogP contribution in [0.2, 0.25) is 0 Å². The minimum Gasteiger partial charge on any atom is -0.455 e. The topological polar surface area (TPSA) is 54.9 Å². The van der Waals surface area contributed by atoms with Crippen LogP contribution >= 0.6 is 0 Å². The summed E-state index contributed by atoms with van der Waals surface area (Å²) in [4.78, 5) is 21.5. The first-order valence-corrected chi connectivity index (χ1v) is 11.7. The van der Waals surface area contributed by atoms with Crippen LogP contribution in [0, 0.1) is 0 Å². The van der Waals surface area contributed by atoms with Crippen molar-refractivity contribution >= 4 is 11.7 Å². The maximum atomic E-state index is 12.1. The van der Waals surface area contributed by atoms with Crippen LogP contribution in [0.3, 0.4) is 0 Å². The standard InChI is InChI=1S/C24H37N3O3/c1-24(2,3)30-23(28)22-8-7-19(17-25-22)27-15-11-21(12-16-27)29-20-9-13-26(14-10-20)18-5-4-6-18/h7-8,17-18,20-21H,4-6,9-16H2,1-3H3. The maximum absolute atomic E-state index is 12.1. The molecule has 4 rings (SSSR count). The van der Waals surface area contributed by atoms with E-state index in [1.54, 1.807) is 12.3 Å². The van der Waals surface area contributed by atoms with E-state index in [9.17, 15) is 4.79 Å². The highest BCUT2D eigenvalue weighted by molar-refractivity contribution is 5.87. The van der Waals surface area contributed by atoms with Crippen LogP contribution < -0.4 is 4.90 Å². The van der Waals surface area contributed by atoms with Gasteiger partial charge >= 0.3 is 5.97 Å². The summed E-state index contributed by atoms with van der Waals surface area (Å²) in [5.41, 5.74) is 0.919. The zero-order valence-corrected chi connectivity index (χ0v) is 18.8. The molecule has 3 aliphatic rings. The second-order valence-electron chi connectivity index (χ2n) is 10.0. The van der Waals surface area contributed by atoms with Crippen molar-refractivity contribution in [2.24, 2.45) is 0 Å². The van der Waals surface area contributed by atoms with Crippen molar-refractivity contribution < 1.29 is 14.3 Å². The van der Waals surface area contributed by atoms with Gasteiger partial charge in [0.05, 0.1) is 24.1 Å². The molecule has 6 nitrogen and oxygen atoms in total. The number of hydrogen-bond acceptors (Lipinski definition) is 6. The Labute approximate surface area is 180 Å². The quantitative estimate of drug-likeness (QED) is 0.677. The van der Waals surface area contributed by atoms with Crippen molar-refractivity contribution in [1.29, 1.82) is 0 Å². The number of aromatic nitrogens is 1. The molecule has 1 saturated carbocycles. The lowest BCUT2D eigenvalue weighted by Crippen LogP contribution is -2.47. The third-order valence-electron chi connectivity index (χ3n) is 6.62. The highest BCUT2D eigenvalue weighted by Gasteiger charge is 2.31. The van der Waals surface area contributed by atoms with Crippen LogP contribution in [0.25, 0.3) is 0 Å². The number of nitrogens with zero attached hydrogens (tertiary/aromatic N) is 3. The molecule has 2 aliphatic heterocycles. The highest BCUT2D eigenvalue weighted by atomic mass is 16.6. The molecule has 0 aromatic carbocycles. The number of piperidine rings is 2. The van der Waals surface area contributed by atoms with E-state index in [-0.39, 0.29) is 5.97 Å². The van der Waals surface area contributed by atoms with Gasteiger partial charge in [0.2, 0.25) is 0 Å². The smallest absolute Gasteiger partial charge is 0.357 e. The molecule has 3 heterocycles. The van der Waals surface area contributed by atoms with Gasteiger partial charge in [-0.3, -0.25) is 0 Å². The van der Waals surface area contributed by atoms with E-state index in [1.165, 1.54) is 45.2 Å². The van der Waals surface area contributed by atoms with E-state index in [4.69, 9.17) is 9.47 Å². The minimum atomic E-state index is -0.507. The third-order valence-corrected chi connectivity index (χ3v) is 6.62. The van der Waals surface area contributed by atoms with Gasteiger partial charge in [-0.2, -0.15) is 0 Å². The molecular formula is C24H37N3O3. The zero-order chi connectivity index (χ0) is 21.1. The number of anilines is 1. The first-order chi connectivity index (χ1) is 14.4. The van der Waals surface area contributed by atoms with E-state index >= 15 is 0 Å². The molecule has 2 saturated heterocycles. The minimum absolute atomic E-state index is 0.361. The molecule has 0 N–H and O–H groups in total. The van der Waals surface area contributed by atoms with E-state index in [0.29, 0.717) is 17.9 Å². The van der Waals surface area contributed by atoms with Crippen LogP contribution in [0.5, 0.6) is 0 Å². The average molecular weight is 416 g/mol. The largest absolute Gasteiger partial charge is 0.455 e. The summed E-state index contributed by atoms with van der Waals surface area (Å²) in [5.74, 6) is -0.371. The van der Waals surface area contributed by atoms with Crippen molar-refractivity contribution in [2.45, 2.75) is 89.6 Å². The number of carbonyl (C=O) groups excluding carboxylic acids is 1. The van der Waals surface area contributed by atoms with Gasteiger partial charge in [-0.05, 0) is 71.4 Å². The normalized spacial score (nSPS) is 22.7. The molecule has 1 aromatic rings. The van der Waals surface area contributed by atoms with Gasteiger partial charge in [0.15, 0.2) is 0 Å². The van der Waals surface area contributed by atoms with Crippen molar-refractivity contribution in [3.63, 3.8) is 0 Å². The maximum Gasteiger partial charge on any atom is 0.357 e. The SMILES string of the molecule is CC(C)(C)OC(=O)c1ccc(N2CCC(OC3CCN(C4CCC4)CC3)CC2)cn1. The number of esters is 1. The molecular weight excluding hydrogens is 378 g/mol. The van der Waals surface area contributed by atoms with Gasteiger partial charge in [0.25, 0.3) is 0 Å². The Hall–Kier alpha value is -1.66. The number of pyridine rings is 1. The molecule has 0 radical (unpaired) electrons. The monoisotopic (exact) mass is 415 g/mol. The van der Waals surface area contributed by atoms with Gasteiger partial charge in [0.1, 0.15) is 11.3 Å². The van der Waals surface area contributed by atoms with Gasteiger partial charge in [-0.25, -0.2) is 9.78 Å². The fourth-order valence-electron chi connectivity index (χ4n) is 4.68. The summed E-state index contributed by atoms with van der Waals surface area (Å²) in [6.07, 6.45) is 11.3. The first kappa shape index (κ1) is 21.6. The summed E-state index contributed by atoms with van der Waals surface area (Å²) >= 11 is 0. The Morgan fingerprint density at radius 3 is 2.10 bits per heavy atom.